The monoisotopic (exact) mass is 514 g/mol. The summed E-state index contributed by atoms with van der Waals surface area (Å²) in [5, 5.41) is 16.4. The van der Waals surface area contributed by atoms with Crippen LogP contribution in [0.2, 0.25) is 5.15 Å². The quantitative estimate of drug-likeness (QED) is 0.335. The number of ether oxygens (including phenoxy) is 1. The number of Topliss-reactive ketones (excluding diaryl/α,β-unsaturated/α-hetero) is 1. The molecule has 33 heavy (non-hydrogen) atoms. The summed E-state index contributed by atoms with van der Waals surface area (Å²) in [6.07, 6.45) is 0. The molecule has 0 aliphatic rings. The van der Waals surface area contributed by atoms with Crippen LogP contribution in [0.5, 0.6) is 5.75 Å². The molecule has 0 saturated carbocycles. The highest BCUT2D eigenvalue weighted by Gasteiger charge is 2.65. The summed E-state index contributed by atoms with van der Waals surface area (Å²) >= 11 is 6.21. The number of hydrogen-bond donors (Lipinski definition) is 1. The Kier molecular flexibility index (Phi) is 5.69. The Labute approximate surface area is 189 Å². The number of aromatic nitrogens is 4. The molecule has 0 aliphatic carbocycles. The zero-order valence-electron chi connectivity index (χ0n) is 17.7. The molecule has 0 atom stereocenters. The molecule has 0 aliphatic heterocycles. The zero-order chi connectivity index (χ0) is 24.8. The van der Waals surface area contributed by atoms with Crippen molar-refractivity contribution >= 4 is 38.9 Å². The summed E-state index contributed by atoms with van der Waals surface area (Å²) < 4.78 is 73.1. The third-order valence-electron chi connectivity index (χ3n) is 4.83. The average Bonchev–Trinajstić information content (AvgIpc) is 3.01. The van der Waals surface area contributed by atoms with E-state index in [1.165, 1.54) is 0 Å². The molecule has 0 unspecified atom stereocenters. The molecule has 3 aromatic rings. The van der Waals surface area contributed by atoms with Gasteiger partial charge in [-0.25, -0.2) is 4.68 Å². The zero-order valence-corrected chi connectivity index (χ0v) is 19.2. The molecule has 0 radical (unpaired) electrons. The number of methoxy groups -OCH3 is 1. The fourth-order valence-corrected chi connectivity index (χ4v) is 4.08. The number of ketones is 1. The van der Waals surface area contributed by atoms with E-state index in [-0.39, 0.29) is 28.6 Å². The molecule has 3 rings (SSSR count). The number of nitrogens with one attached hydrogen (secondary N) is 1. The van der Waals surface area contributed by atoms with E-state index in [1.807, 2.05) is 18.7 Å². The number of nitrogens with zero attached hydrogens (tertiary/aromatic N) is 5. The van der Waals surface area contributed by atoms with E-state index in [9.17, 15) is 24.2 Å². The maximum atomic E-state index is 13.3. The van der Waals surface area contributed by atoms with Crippen molar-refractivity contribution in [3.05, 3.63) is 40.6 Å². The Morgan fingerprint density at radius 2 is 1.76 bits per heavy atom. The Balaban J connectivity index is 2.04. The van der Waals surface area contributed by atoms with E-state index in [0.717, 1.165) is 22.4 Å². The SMILES string of the molecule is CCN(CC)c1cc2nn(CC(=O)c3cc(OC)cc(S(F)(F)(F)(F)F)c3)c(=N)n2nc1Cl. The molecular weight excluding hydrogens is 495 g/mol. The number of halogens is 6. The van der Waals surface area contributed by atoms with E-state index in [2.05, 4.69) is 14.9 Å². The van der Waals surface area contributed by atoms with E-state index < -0.39 is 38.8 Å². The minimum Gasteiger partial charge on any atom is -0.497 e. The van der Waals surface area contributed by atoms with Crippen LogP contribution in [0, 0.1) is 5.41 Å². The molecular formula is C18H20ClF5N6O2S. The van der Waals surface area contributed by atoms with Crippen LogP contribution in [-0.2, 0) is 6.54 Å². The van der Waals surface area contributed by atoms with Crippen molar-refractivity contribution in [3.8, 4) is 5.75 Å². The van der Waals surface area contributed by atoms with Crippen molar-refractivity contribution in [2.45, 2.75) is 25.3 Å². The first-order chi connectivity index (χ1) is 15.1. The lowest BCUT2D eigenvalue weighted by atomic mass is 10.1. The molecule has 0 saturated heterocycles. The molecule has 2 aromatic heterocycles. The van der Waals surface area contributed by atoms with Gasteiger partial charge in [0, 0.05) is 30.8 Å². The fourth-order valence-electron chi connectivity index (χ4n) is 3.14. The number of benzene rings is 1. The van der Waals surface area contributed by atoms with Crippen LogP contribution in [-0.4, -0.2) is 45.4 Å². The Morgan fingerprint density at radius 1 is 1.12 bits per heavy atom. The second-order valence-corrected chi connectivity index (χ2v) is 9.80. The molecule has 0 amide bonds. The molecule has 1 aromatic carbocycles. The van der Waals surface area contributed by atoms with Gasteiger partial charge in [-0.2, -0.15) is 4.52 Å². The Bertz CT molecular complexity index is 1310. The lowest BCUT2D eigenvalue weighted by Crippen LogP contribution is -2.27. The largest absolute Gasteiger partial charge is 0.497 e. The number of rotatable bonds is 8. The first kappa shape index (κ1) is 24.8. The van der Waals surface area contributed by atoms with Crippen LogP contribution in [0.25, 0.3) is 5.65 Å². The van der Waals surface area contributed by atoms with E-state index >= 15 is 0 Å². The average molecular weight is 515 g/mol. The summed E-state index contributed by atoms with van der Waals surface area (Å²) in [5.74, 6) is -1.55. The molecule has 1 N–H and O–H groups in total. The summed E-state index contributed by atoms with van der Waals surface area (Å²) in [5.41, 5.74) is -0.345. The molecule has 0 bridgehead atoms. The van der Waals surface area contributed by atoms with E-state index in [0.29, 0.717) is 18.8 Å². The van der Waals surface area contributed by atoms with Crippen molar-refractivity contribution in [1.82, 2.24) is 19.4 Å². The van der Waals surface area contributed by atoms with Gasteiger partial charge in [-0.3, -0.25) is 10.2 Å². The third-order valence-corrected chi connectivity index (χ3v) is 6.23. The lowest BCUT2D eigenvalue weighted by molar-refractivity contribution is 0.0965. The van der Waals surface area contributed by atoms with Crippen LogP contribution in [0.1, 0.15) is 24.2 Å². The van der Waals surface area contributed by atoms with E-state index in [4.69, 9.17) is 17.0 Å². The highest BCUT2D eigenvalue weighted by atomic mass is 35.5. The van der Waals surface area contributed by atoms with Gasteiger partial charge in [0.15, 0.2) is 16.6 Å². The van der Waals surface area contributed by atoms with Gasteiger partial charge in [-0.05, 0) is 26.0 Å². The van der Waals surface area contributed by atoms with Crippen molar-refractivity contribution in [1.29, 1.82) is 5.41 Å². The fraction of sp³-hybridized carbons (Fsp3) is 0.333. The van der Waals surface area contributed by atoms with Gasteiger partial charge in [0.25, 0.3) is 0 Å². The predicted octanol–water partition coefficient (Wildman–Crippen LogP) is 5.06. The first-order valence-electron chi connectivity index (χ1n) is 9.50. The number of carbonyl (C=O) groups is 1. The van der Waals surface area contributed by atoms with Gasteiger partial charge >= 0.3 is 10.2 Å². The van der Waals surface area contributed by atoms with Gasteiger partial charge in [0.2, 0.25) is 5.62 Å². The minimum absolute atomic E-state index is 0.0694. The smallest absolute Gasteiger partial charge is 0.310 e. The van der Waals surface area contributed by atoms with Crippen molar-refractivity contribution in [3.63, 3.8) is 0 Å². The van der Waals surface area contributed by atoms with Crippen LogP contribution >= 0.6 is 21.8 Å². The van der Waals surface area contributed by atoms with Crippen LogP contribution in [0.15, 0.2) is 29.2 Å². The van der Waals surface area contributed by atoms with E-state index in [1.54, 1.807) is 6.07 Å². The van der Waals surface area contributed by atoms with Gasteiger partial charge < -0.3 is 9.64 Å². The van der Waals surface area contributed by atoms with Crippen molar-refractivity contribution in [2.24, 2.45) is 0 Å². The van der Waals surface area contributed by atoms with Crippen LogP contribution in [0.3, 0.4) is 0 Å². The van der Waals surface area contributed by atoms with Gasteiger partial charge in [0.05, 0.1) is 12.8 Å². The lowest BCUT2D eigenvalue weighted by Gasteiger charge is -2.40. The summed E-state index contributed by atoms with van der Waals surface area (Å²) in [6, 6.07) is 2.66. The highest BCUT2D eigenvalue weighted by Crippen LogP contribution is 3.02. The second-order valence-electron chi connectivity index (χ2n) is 7.03. The standard InChI is InChI=1S/C18H20ClF5N6O2S/c1-4-28(5-2)14-9-16-26-29(18(25)30(16)27-17(14)19)10-15(31)11-6-12(32-3)8-13(7-11)33(20,21,22,23)24/h6-9,25H,4-5,10H2,1-3H3. The van der Waals surface area contributed by atoms with Gasteiger partial charge in [-0.15, -0.1) is 10.2 Å². The van der Waals surface area contributed by atoms with Gasteiger partial charge in [-0.1, -0.05) is 31.0 Å². The predicted molar refractivity (Wildman–Crippen MR) is 114 cm³/mol. The molecule has 2 heterocycles. The highest BCUT2D eigenvalue weighted by molar-refractivity contribution is 8.45. The normalized spacial score (nSPS) is 14.1. The number of anilines is 1. The summed E-state index contributed by atoms with van der Waals surface area (Å²) in [4.78, 5) is 12.3. The maximum absolute atomic E-state index is 13.3. The van der Waals surface area contributed by atoms with Crippen molar-refractivity contribution < 1.29 is 29.0 Å². The number of carbonyl (C=O) groups excluding carboxylic acids is 1. The summed E-state index contributed by atoms with van der Waals surface area (Å²) in [7, 11) is -9.08. The Morgan fingerprint density at radius 3 is 2.30 bits per heavy atom. The third kappa shape index (κ3) is 5.05. The van der Waals surface area contributed by atoms with Crippen LogP contribution in [0.4, 0.5) is 25.1 Å². The topological polar surface area (TPSA) is 88.5 Å². The Hall–Kier alpha value is -2.87. The van der Waals surface area contributed by atoms with Crippen molar-refractivity contribution in [2.75, 3.05) is 25.1 Å². The number of hydrogen-bond acceptors (Lipinski definition) is 6. The number of fused-ring (bicyclic) bond motifs is 1. The molecule has 8 nitrogen and oxygen atoms in total. The molecule has 0 fully saturated rings. The molecule has 15 heteroatoms. The minimum atomic E-state index is -10.1. The summed E-state index contributed by atoms with van der Waals surface area (Å²) in [6.45, 7) is 4.34. The van der Waals surface area contributed by atoms with Gasteiger partial charge in [0.1, 0.15) is 17.2 Å². The molecule has 0 spiro atoms. The first-order valence-corrected chi connectivity index (χ1v) is 11.8. The second kappa shape index (κ2) is 7.58. The molecule has 182 valence electrons. The van der Waals surface area contributed by atoms with Crippen LogP contribution < -0.4 is 15.3 Å². The maximum Gasteiger partial charge on any atom is 0.310 e.